The van der Waals surface area contributed by atoms with Crippen molar-refractivity contribution in [1.29, 1.82) is 0 Å². The van der Waals surface area contributed by atoms with Crippen molar-refractivity contribution in [3.63, 3.8) is 0 Å². The van der Waals surface area contributed by atoms with E-state index < -0.39 is 0 Å². The van der Waals surface area contributed by atoms with Crippen LogP contribution in [0.5, 0.6) is 0 Å². The zero-order valence-corrected chi connectivity index (χ0v) is 9.17. The van der Waals surface area contributed by atoms with Crippen molar-refractivity contribution in [2.24, 2.45) is 0 Å². The van der Waals surface area contributed by atoms with Gasteiger partial charge in [0.05, 0.1) is 5.56 Å². The first-order valence-corrected chi connectivity index (χ1v) is 4.88. The highest BCUT2D eigenvalue weighted by atomic mass is 79.9. The second-order valence-electron chi connectivity index (χ2n) is 2.73. The zero-order valence-electron chi connectivity index (χ0n) is 7.59. The maximum Gasteiger partial charge on any atom is 0.253 e. The monoisotopic (exact) mass is 254 g/mol. The number of rotatable bonds is 3. The lowest BCUT2D eigenvalue weighted by Gasteiger charge is -2.05. The number of nitrogens with two attached hydrogens (primary N) is 1. The van der Waals surface area contributed by atoms with Crippen LogP contribution < -0.4 is 11.1 Å². The summed E-state index contributed by atoms with van der Waals surface area (Å²) in [6.45, 7) is 3.95. The van der Waals surface area contributed by atoms with Crippen LogP contribution in [0.2, 0.25) is 0 Å². The van der Waals surface area contributed by atoms with Crippen LogP contribution in [0, 0.1) is 0 Å². The van der Waals surface area contributed by atoms with E-state index in [4.69, 9.17) is 5.73 Å². The molecule has 3 nitrogen and oxygen atoms in total. The number of hydrogen-bond acceptors (Lipinski definition) is 2. The SMILES string of the molecule is C=CCNC(=O)c1ccc(Br)cc1N. The molecule has 14 heavy (non-hydrogen) atoms. The molecule has 0 saturated carbocycles. The molecular weight excluding hydrogens is 244 g/mol. The molecule has 1 amide bonds. The van der Waals surface area contributed by atoms with Gasteiger partial charge in [0.1, 0.15) is 0 Å². The van der Waals surface area contributed by atoms with Gasteiger partial charge < -0.3 is 11.1 Å². The number of carbonyl (C=O) groups excluding carboxylic acids is 1. The molecule has 0 spiro atoms. The van der Waals surface area contributed by atoms with Crippen molar-refractivity contribution >= 4 is 27.5 Å². The van der Waals surface area contributed by atoms with Gasteiger partial charge in [-0.3, -0.25) is 4.79 Å². The quantitative estimate of drug-likeness (QED) is 0.640. The number of carbonyl (C=O) groups is 1. The zero-order chi connectivity index (χ0) is 10.6. The van der Waals surface area contributed by atoms with E-state index in [-0.39, 0.29) is 5.91 Å². The molecule has 0 atom stereocenters. The van der Waals surface area contributed by atoms with Crippen molar-refractivity contribution in [2.75, 3.05) is 12.3 Å². The fourth-order valence-electron chi connectivity index (χ4n) is 1.00. The Morgan fingerprint density at radius 2 is 2.36 bits per heavy atom. The largest absolute Gasteiger partial charge is 0.398 e. The third-order valence-corrected chi connectivity index (χ3v) is 2.16. The third kappa shape index (κ3) is 2.60. The Morgan fingerprint density at radius 3 is 2.93 bits per heavy atom. The molecule has 0 aliphatic carbocycles. The van der Waals surface area contributed by atoms with E-state index in [1.165, 1.54) is 0 Å². The summed E-state index contributed by atoms with van der Waals surface area (Å²) in [5.74, 6) is -0.185. The summed E-state index contributed by atoms with van der Waals surface area (Å²) in [4.78, 5) is 11.5. The minimum atomic E-state index is -0.185. The van der Waals surface area contributed by atoms with E-state index in [1.807, 2.05) is 0 Å². The molecule has 1 rings (SSSR count). The maximum absolute atomic E-state index is 11.5. The molecule has 0 unspecified atom stereocenters. The summed E-state index contributed by atoms with van der Waals surface area (Å²) < 4.78 is 0.857. The van der Waals surface area contributed by atoms with Crippen molar-refractivity contribution < 1.29 is 4.79 Å². The third-order valence-electron chi connectivity index (χ3n) is 1.67. The average molecular weight is 255 g/mol. The maximum atomic E-state index is 11.5. The topological polar surface area (TPSA) is 55.1 Å². The number of nitrogen functional groups attached to an aromatic ring is 1. The number of benzene rings is 1. The van der Waals surface area contributed by atoms with Crippen molar-refractivity contribution in [3.05, 3.63) is 40.9 Å². The van der Waals surface area contributed by atoms with E-state index in [0.717, 1.165) is 4.47 Å². The summed E-state index contributed by atoms with van der Waals surface area (Å²) in [6, 6.07) is 5.15. The second kappa shape index (κ2) is 4.81. The molecule has 74 valence electrons. The van der Waals surface area contributed by atoms with Crippen LogP contribution in [0.1, 0.15) is 10.4 Å². The first-order valence-electron chi connectivity index (χ1n) is 4.09. The van der Waals surface area contributed by atoms with Gasteiger partial charge in [-0.15, -0.1) is 6.58 Å². The average Bonchev–Trinajstić information content (AvgIpc) is 2.14. The Kier molecular flexibility index (Phi) is 3.71. The van der Waals surface area contributed by atoms with Crippen LogP contribution in [0.3, 0.4) is 0 Å². The van der Waals surface area contributed by atoms with Gasteiger partial charge in [0.15, 0.2) is 0 Å². The standard InChI is InChI=1S/C10H11BrN2O/c1-2-5-13-10(14)8-4-3-7(11)6-9(8)12/h2-4,6H,1,5,12H2,(H,13,14). The predicted octanol–water partition coefficient (Wildman–Crippen LogP) is 1.95. The molecule has 1 aromatic carbocycles. The Hall–Kier alpha value is -1.29. The Labute approximate surface area is 91.1 Å². The fraction of sp³-hybridized carbons (Fsp3) is 0.100. The summed E-state index contributed by atoms with van der Waals surface area (Å²) >= 11 is 3.27. The molecule has 0 radical (unpaired) electrons. The van der Waals surface area contributed by atoms with Crippen molar-refractivity contribution in [3.8, 4) is 0 Å². The van der Waals surface area contributed by atoms with Gasteiger partial charge in [0.25, 0.3) is 5.91 Å². The lowest BCUT2D eigenvalue weighted by atomic mass is 10.1. The minimum absolute atomic E-state index is 0.185. The van der Waals surface area contributed by atoms with Crippen molar-refractivity contribution in [1.82, 2.24) is 5.32 Å². The van der Waals surface area contributed by atoms with E-state index in [1.54, 1.807) is 24.3 Å². The fourth-order valence-corrected chi connectivity index (χ4v) is 1.38. The smallest absolute Gasteiger partial charge is 0.253 e. The minimum Gasteiger partial charge on any atom is -0.398 e. The van der Waals surface area contributed by atoms with E-state index in [0.29, 0.717) is 17.8 Å². The van der Waals surface area contributed by atoms with Crippen LogP contribution in [-0.2, 0) is 0 Å². The lowest BCUT2D eigenvalue weighted by molar-refractivity contribution is 0.0959. The van der Waals surface area contributed by atoms with Gasteiger partial charge in [-0.25, -0.2) is 0 Å². The molecule has 0 aliphatic rings. The molecule has 3 N–H and O–H groups in total. The number of anilines is 1. The van der Waals surface area contributed by atoms with E-state index >= 15 is 0 Å². The molecular formula is C10H11BrN2O. The first-order chi connectivity index (χ1) is 6.65. The molecule has 0 aliphatic heterocycles. The van der Waals surface area contributed by atoms with Gasteiger partial charge in [-0.05, 0) is 18.2 Å². The van der Waals surface area contributed by atoms with Gasteiger partial charge in [-0.1, -0.05) is 22.0 Å². The van der Waals surface area contributed by atoms with Crippen LogP contribution in [-0.4, -0.2) is 12.5 Å². The molecule has 0 bridgehead atoms. The second-order valence-corrected chi connectivity index (χ2v) is 3.65. The molecule has 0 heterocycles. The summed E-state index contributed by atoms with van der Waals surface area (Å²) in [6.07, 6.45) is 1.62. The van der Waals surface area contributed by atoms with E-state index in [2.05, 4.69) is 27.8 Å². The normalized spacial score (nSPS) is 9.50. The van der Waals surface area contributed by atoms with Gasteiger partial charge in [-0.2, -0.15) is 0 Å². The predicted molar refractivity (Wildman–Crippen MR) is 61.1 cm³/mol. The highest BCUT2D eigenvalue weighted by molar-refractivity contribution is 9.10. The molecule has 0 saturated heterocycles. The Bertz CT molecular complexity index is 363. The van der Waals surface area contributed by atoms with E-state index in [9.17, 15) is 4.79 Å². The molecule has 0 fully saturated rings. The van der Waals surface area contributed by atoms with Gasteiger partial charge in [0.2, 0.25) is 0 Å². The number of halogens is 1. The Morgan fingerprint density at radius 1 is 1.64 bits per heavy atom. The number of hydrogen-bond donors (Lipinski definition) is 2. The molecule has 1 aromatic rings. The van der Waals surface area contributed by atoms with Gasteiger partial charge in [0, 0.05) is 16.7 Å². The van der Waals surface area contributed by atoms with Crippen LogP contribution in [0.15, 0.2) is 35.3 Å². The summed E-state index contributed by atoms with van der Waals surface area (Å²) in [5, 5.41) is 2.66. The van der Waals surface area contributed by atoms with Crippen molar-refractivity contribution in [2.45, 2.75) is 0 Å². The molecule has 0 aromatic heterocycles. The lowest BCUT2D eigenvalue weighted by Crippen LogP contribution is -2.24. The number of nitrogens with one attached hydrogen (secondary N) is 1. The van der Waals surface area contributed by atoms with Crippen LogP contribution in [0.25, 0.3) is 0 Å². The summed E-state index contributed by atoms with van der Waals surface area (Å²) in [7, 11) is 0. The Balaban J connectivity index is 2.84. The van der Waals surface area contributed by atoms with Crippen LogP contribution in [0.4, 0.5) is 5.69 Å². The highest BCUT2D eigenvalue weighted by Crippen LogP contribution is 2.18. The first kappa shape index (κ1) is 10.8. The molecule has 4 heteroatoms. The summed E-state index contributed by atoms with van der Waals surface area (Å²) in [5.41, 5.74) is 6.62. The highest BCUT2D eigenvalue weighted by Gasteiger charge is 2.07. The van der Waals surface area contributed by atoms with Gasteiger partial charge >= 0.3 is 0 Å². The number of amides is 1. The van der Waals surface area contributed by atoms with Crippen LogP contribution >= 0.6 is 15.9 Å².